The van der Waals surface area contributed by atoms with Crippen molar-refractivity contribution in [3.63, 3.8) is 0 Å². The molecular formula is C16H21N3O2. The third-order valence-corrected chi connectivity index (χ3v) is 3.35. The molecule has 0 aliphatic carbocycles. The zero-order valence-corrected chi connectivity index (χ0v) is 12.7. The third-order valence-electron chi connectivity index (χ3n) is 3.35. The van der Waals surface area contributed by atoms with E-state index >= 15 is 0 Å². The van der Waals surface area contributed by atoms with Crippen LogP contribution < -0.4 is 0 Å². The van der Waals surface area contributed by atoms with Crippen molar-refractivity contribution >= 4 is 5.97 Å². The summed E-state index contributed by atoms with van der Waals surface area (Å²) < 4.78 is 1.74. The maximum Gasteiger partial charge on any atom is 0.303 e. The molecule has 0 bridgehead atoms. The van der Waals surface area contributed by atoms with E-state index in [9.17, 15) is 4.79 Å². The van der Waals surface area contributed by atoms with E-state index in [0.29, 0.717) is 18.7 Å². The lowest BCUT2D eigenvalue weighted by molar-refractivity contribution is -0.136. The summed E-state index contributed by atoms with van der Waals surface area (Å²) in [7, 11) is 0. The van der Waals surface area contributed by atoms with E-state index < -0.39 is 5.97 Å². The first-order chi connectivity index (χ1) is 9.84. The summed E-state index contributed by atoms with van der Waals surface area (Å²) in [4.78, 5) is 10.5. The van der Waals surface area contributed by atoms with E-state index in [1.165, 1.54) is 5.56 Å². The van der Waals surface area contributed by atoms with E-state index in [1.54, 1.807) is 10.9 Å². The highest BCUT2D eigenvalue weighted by Crippen LogP contribution is 2.22. The number of carboxylic acid groups (broad SMARTS) is 1. The number of carbonyl (C=O) groups is 1. The van der Waals surface area contributed by atoms with E-state index in [0.717, 1.165) is 5.56 Å². The van der Waals surface area contributed by atoms with Crippen LogP contribution in [0.25, 0.3) is 0 Å². The Labute approximate surface area is 124 Å². The Morgan fingerprint density at radius 2 is 1.90 bits per heavy atom. The molecular weight excluding hydrogens is 266 g/mol. The second-order valence-electron chi connectivity index (χ2n) is 6.25. The molecule has 0 fully saturated rings. The molecule has 0 unspecified atom stereocenters. The summed E-state index contributed by atoms with van der Waals surface area (Å²) in [5.74, 6) is -0.817. The Morgan fingerprint density at radius 3 is 2.48 bits per heavy atom. The molecule has 0 aliphatic rings. The fourth-order valence-electron chi connectivity index (χ4n) is 2.06. The molecule has 0 radical (unpaired) electrons. The summed E-state index contributed by atoms with van der Waals surface area (Å²) in [6.07, 6.45) is 2.30. The van der Waals surface area contributed by atoms with Crippen LogP contribution >= 0.6 is 0 Å². The van der Waals surface area contributed by atoms with Gasteiger partial charge < -0.3 is 5.11 Å². The first-order valence-electron chi connectivity index (χ1n) is 7.05. The molecule has 0 saturated heterocycles. The maximum atomic E-state index is 10.5. The lowest BCUT2D eigenvalue weighted by atomic mass is 9.87. The second kappa shape index (κ2) is 6.08. The molecule has 5 nitrogen and oxygen atoms in total. The first kappa shape index (κ1) is 15.2. The predicted octanol–water partition coefficient (Wildman–Crippen LogP) is 2.64. The molecule has 0 atom stereocenters. The van der Waals surface area contributed by atoms with Gasteiger partial charge in [-0.15, -0.1) is 5.10 Å². The number of hydrogen-bond donors (Lipinski definition) is 1. The maximum absolute atomic E-state index is 10.5. The van der Waals surface area contributed by atoms with Crippen molar-refractivity contribution in [1.29, 1.82) is 0 Å². The van der Waals surface area contributed by atoms with Crippen LogP contribution in [0.1, 0.15) is 44.0 Å². The highest BCUT2D eigenvalue weighted by molar-refractivity contribution is 5.66. The van der Waals surface area contributed by atoms with Crippen LogP contribution in [0, 0.1) is 0 Å². The van der Waals surface area contributed by atoms with Crippen molar-refractivity contribution in [2.45, 2.75) is 45.6 Å². The van der Waals surface area contributed by atoms with Gasteiger partial charge in [0.1, 0.15) is 0 Å². The topological polar surface area (TPSA) is 68.0 Å². The Kier molecular flexibility index (Phi) is 4.40. The summed E-state index contributed by atoms with van der Waals surface area (Å²) in [6.45, 7) is 7.21. The van der Waals surface area contributed by atoms with Gasteiger partial charge in [0.2, 0.25) is 0 Å². The third kappa shape index (κ3) is 4.41. The molecule has 5 heteroatoms. The SMILES string of the molecule is CC(C)(C)c1ccc(Cn2cc(CCC(=O)O)nn2)cc1. The smallest absolute Gasteiger partial charge is 0.303 e. The van der Waals surface area contributed by atoms with Gasteiger partial charge in [-0.3, -0.25) is 4.79 Å². The van der Waals surface area contributed by atoms with Crippen LogP contribution in [0.2, 0.25) is 0 Å². The number of hydrogen-bond acceptors (Lipinski definition) is 3. The molecule has 1 aromatic heterocycles. The fourth-order valence-corrected chi connectivity index (χ4v) is 2.06. The van der Waals surface area contributed by atoms with E-state index in [4.69, 9.17) is 5.11 Å². The molecule has 1 heterocycles. The summed E-state index contributed by atoms with van der Waals surface area (Å²) >= 11 is 0. The van der Waals surface area contributed by atoms with Gasteiger partial charge in [0.15, 0.2) is 0 Å². The second-order valence-corrected chi connectivity index (χ2v) is 6.25. The molecule has 2 aromatic rings. The van der Waals surface area contributed by atoms with E-state index in [-0.39, 0.29) is 11.8 Å². The quantitative estimate of drug-likeness (QED) is 0.918. The minimum Gasteiger partial charge on any atom is -0.481 e. The van der Waals surface area contributed by atoms with Crippen molar-refractivity contribution in [3.8, 4) is 0 Å². The average Bonchev–Trinajstić information content (AvgIpc) is 2.83. The predicted molar refractivity (Wildman–Crippen MR) is 80.2 cm³/mol. The van der Waals surface area contributed by atoms with Gasteiger partial charge in [-0.1, -0.05) is 50.3 Å². The van der Waals surface area contributed by atoms with E-state index in [1.807, 2.05) is 0 Å². The van der Waals surface area contributed by atoms with Crippen LogP contribution in [0.15, 0.2) is 30.5 Å². The van der Waals surface area contributed by atoms with Crippen LogP contribution in [-0.4, -0.2) is 26.1 Å². The lowest BCUT2D eigenvalue weighted by Gasteiger charge is -2.19. The lowest BCUT2D eigenvalue weighted by Crippen LogP contribution is -2.11. The molecule has 1 aromatic carbocycles. The van der Waals surface area contributed by atoms with Crippen molar-refractivity contribution in [2.24, 2.45) is 0 Å². The number of aliphatic carboxylic acids is 1. The number of aryl methyl sites for hydroxylation is 1. The summed E-state index contributed by atoms with van der Waals surface area (Å²) in [5, 5.41) is 16.7. The molecule has 2 rings (SSSR count). The largest absolute Gasteiger partial charge is 0.481 e. The minimum atomic E-state index is -0.817. The first-order valence-corrected chi connectivity index (χ1v) is 7.05. The van der Waals surface area contributed by atoms with Gasteiger partial charge in [-0.05, 0) is 16.5 Å². The van der Waals surface area contributed by atoms with Gasteiger partial charge in [0, 0.05) is 12.6 Å². The van der Waals surface area contributed by atoms with Crippen molar-refractivity contribution in [1.82, 2.24) is 15.0 Å². The number of rotatable bonds is 5. The average molecular weight is 287 g/mol. The van der Waals surface area contributed by atoms with Crippen LogP contribution in [-0.2, 0) is 23.2 Å². The van der Waals surface area contributed by atoms with Gasteiger partial charge >= 0.3 is 5.97 Å². The van der Waals surface area contributed by atoms with Crippen LogP contribution in [0.4, 0.5) is 0 Å². The Hall–Kier alpha value is -2.17. The monoisotopic (exact) mass is 287 g/mol. The molecule has 1 N–H and O–H groups in total. The summed E-state index contributed by atoms with van der Waals surface area (Å²) in [5.41, 5.74) is 3.31. The van der Waals surface area contributed by atoms with Crippen LogP contribution in [0.3, 0.4) is 0 Å². The standard InChI is InChI=1S/C16H21N3O2/c1-16(2,3)13-6-4-12(5-7-13)10-19-11-14(17-18-19)8-9-15(20)21/h4-7,11H,8-10H2,1-3H3,(H,20,21). The number of carboxylic acids is 1. The van der Waals surface area contributed by atoms with Gasteiger partial charge in [-0.2, -0.15) is 0 Å². The Balaban J connectivity index is 2.00. The van der Waals surface area contributed by atoms with E-state index in [2.05, 4.69) is 55.3 Å². The Morgan fingerprint density at radius 1 is 1.24 bits per heavy atom. The van der Waals surface area contributed by atoms with Crippen molar-refractivity contribution in [2.75, 3.05) is 0 Å². The highest BCUT2D eigenvalue weighted by atomic mass is 16.4. The molecule has 0 aliphatic heterocycles. The van der Waals surface area contributed by atoms with Crippen LogP contribution in [0.5, 0.6) is 0 Å². The van der Waals surface area contributed by atoms with Gasteiger partial charge in [0.05, 0.1) is 18.7 Å². The molecule has 0 saturated carbocycles. The van der Waals surface area contributed by atoms with Gasteiger partial charge in [0.25, 0.3) is 0 Å². The molecule has 0 amide bonds. The minimum absolute atomic E-state index is 0.0823. The van der Waals surface area contributed by atoms with Gasteiger partial charge in [-0.25, -0.2) is 4.68 Å². The zero-order chi connectivity index (χ0) is 15.5. The van der Waals surface area contributed by atoms with Crippen molar-refractivity contribution in [3.05, 3.63) is 47.3 Å². The Bertz CT molecular complexity index is 609. The number of nitrogens with zero attached hydrogens (tertiary/aromatic N) is 3. The fraction of sp³-hybridized carbons (Fsp3) is 0.438. The number of benzene rings is 1. The summed E-state index contributed by atoms with van der Waals surface area (Å²) in [6, 6.07) is 8.47. The number of aromatic nitrogens is 3. The highest BCUT2D eigenvalue weighted by Gasteiger charge is 2.13. The zero-order valence-electron chi connectivity index (χ0n) is 12.7. The molecule has 112 valence electrons. The molecule has 21 heavy (non-hydrogen) atoms. The molecule has 0 spiro atoms. The normalized spacial score (nSPS) is 11.6. The van der Waals surface area contributed by atoms with Crippen molar-refractivity contribution < 1.29 is 9.90 Å².